The quantitative estimate of drug-likeness (QED) is 0.165. The molecule has 1 fully saturated rings. The van der Waals surface area contributed by atoms with Crippen molar-refractivity contribution in [2.75, 3.05) is 18.5 Å². The SMILES string of the molecule is N#Cc1ccc(-c2ccc(C[C@H](NC(=O)c3c(F)cc(NC(C4CCOCC4)C(F)(F)F)cc3F)C(=O)O)c3cccnc23)c(Cl)c1. The van der Waals surface area contributed by atoms with Crippen LogP contribution in [0.3, 0.4) is 0 Å². The number of benzene rings is 3. The van der Waals surface area contributed by atoms with Gasteiger partial charge in [0.15, 0.2) is 0 Å². The Balaban J connectivity index is 1.39. The summed E-state index contributed by atoms with van der Waals surface area (Å²) in [6.07, 6.45) is -3.33. The number of halogens is 6. The molecule has 1 amide bonds. The predicted octanol–water partition coefficient (Wildman–Crippen LogP) is 6.90. The number of carbonyl (C=O) groups is 2. The Hall–Kier alpha value is -4.80. The van der Waals surface area contributed by atoms with Gasteiger partial charge >= 0.3 is 12.1 Å². The lowest BCUT2D eigenvalue weighted by Gasteiger charge is -2.33. The summed E-state index contributed by atoms with van der Waals surface area (Å²) in [6.45, 7) is 0.237. The van der Waals surface area contributed by atoms with Gasteiger partial charge in [0.25, 0.3) is 5.91 Å². The van der Waals surface area contributed by atoms with Crippen molar-refractivity contribution < 1.29 is 41.4 Å². The van der Waals surface area contributed by atoms with E-state index in [-0.39, 0.29) is 32.5 Å². The maximum absolute atomic E-state index is 15.1. The summed E-state index contributed by atoms with van der Waals surface area (Å²) >= 11 is 6.42. The fraction of sp³-hybridized carbons (Fsp3) is 0.273. The Kier molecular flexibility index (Phi) is 9.93. The van der Waals surface area contributed by atoms with Crippen LogP contribution in [-0.4, -0.2) is 53.4 Å². The van der Waals surface area contributed by atoms with Crippen molar-refractivity contribution in [3.63, 3.8) is 0 Å². The van der Waals surface area contributed by atoms with Gasteiger partial charge < -0.3 is 20.5 Å². The minimum atomic E-state index is -4.73. The average molecular weight is 673 g/mol. The van der Waals surface area contributed by atoms with Gasteiger partial charge in [0.05, 0.1) is 17.1 Å². The second-order valence-corrected chi connectivity index (χ2v) is 11.4. The van der Waals surface area contributed by atoms with E-state index >= 15 is 8.78 Å². The zero-order chi connectivity index (χ0) is 33.9. The van der Waals surface area contributed by atoms with Crippen LogP contribution in [0, 0.1) is 28.9 Å². The second kappa shape index (κ2) is 13.9. The third-order valence-electron chi connectivity index (χ3n) is 7.96. The van der Waals surface area contributed by atoms with Gasteiger partial charge in [0.1, 0.15) is 29.3 Å². The van der Waals surface area contributed by atoms with Crippen molar-refractivity contribution in [3.8, 4) is 17.2 Å². The molecule has 0 saturated carbocycles. The molecule has 0 aliphatic carbocycles. The van der Waals surface area contributed by atoms with E-state index in [0.29, 0.717) is 50.3 Å². The Morgan fingerprint density at radius 2 is 1.74 bits per heavy atom. The van der Waals surface area contributed by atoms with Crippen LogP contribution in [0.5, 0.6) is 0 Å². The number of nitrogens with zero attached hydrogens (tertiary/aromatic N) is 2. The second-order valence-electron chi connectivity index (χ2n) is 11.0. The number of hydrogen-bond acceptors (Lipinski definition) is 6. The van der Waals surface area contributed by atoms with Crippen molar-refractivity contribution in [1.82, 2.24) is 10.3 Å². The normalized spacial score (nSPS) is 15.1. The summed E-state index contributed by atoms with van der Waals surface area (Å²) in [5.74, 6) is -6.74. The molecular formula is C33H26ClF5N4O4. The number of carbonyl (C=O) groups excluding carboxylic acids is 1. The number of aliphatic carboxylic acids is 1. The summed E-state index contributed by atoms with van der Waals surface area (Å²) in [5, 5.41) is 24.2. The summed E-state index contributed by atoms with van der Waals surface area (Å²) in [7, 11) is 0. The van der Waals surface area contributed by atoms with E-state index < -0.39 is 58.9 Å². The van der Waals surface area contributed by atoms with Gasteiger partial charge in [0, 0.05) is 53.1 Å². The molecule has 0 bridgehead atoms. The number of hydrogen-bond donors (Lipinski definition) is 3. The Morgan fingerprint density at radius 1 is 1.06 bits per heavy atom. The predicted molar refractivity (Wildman–Crippen MR) is 163 cm³/mol. The lowest BCUT2D eigenvalue weighted by atomic mass is 9.91. The van der Waals surface area contributed by atoms with Crippen molar-refractivity contribution in [2.24, 2.45) is 5.92 Å². The first-order valence-electron chi connectivity index (χ1n) is 14.4. The first-order chi connectivity index (χ1) is 22.4. The summed E-state index contributed by atoms with van der Waals surface area (Å²) in [4.78, 5) is 29.6. The number of nitriles is 1. The van der Waals surface area contributed by atoms with Gasteiger partial charge in [-0.15, -0.1) is 0 Å². The summed E-state index contributed by atoms with van der Waals surface area (Å²) in [5.41, 5.74) is 0.730. The van der Waals surface area contributed by atoms with E-state index in [1.54, 1.807) is 36.4 Å². The lowest BCUT2D eigenvalue weighted by molar-refractivity contribution is -0.159. The van der Waals surface area contributed by atoms with Gasteiger partial charge in [-0.2, -0.15) is 18.4 Å². The monoisotopic (exact) mass is 672 g/mol. The molecule has 3 aromatic carbocycles. The molecule has 47 heavy (non-hydrogen) atoms. The van der Waals surface area contributed by atoms with Gasteiger partial charge in [-0.25, -0.2) is 13.6 Å². The molecule has 8 nitrogen and oxygen atoms in total. The van der Waals surface area contributed by atoms with Gasteiger partial charge in [-0.3, -0.25) is 9.78 Å². The molecule has 2 heterocycles. The van der Waals surface area contributed by atoms with Crippen LogP contribution in [0.4, 0.5) is 27.6 Å². The maximum Gasteiger partial charge on any atom is 0.408 e. The van der Waals surface area contributed by atoms with Crippen molar-refractivity contribution in [2.45, 2.75) is 37.5 Å². The zero-order valence-corrected chi connectivity index (χ0v) is 25.1. The number of nitrogens with one attached hydrogen (secondary N) is 2. The zero-order valence-electron chi connectivity index (χ0n) is 24.4. The number of carboxylic acids is 1. The van der Waals surface area contributed by atoms with E-state index in [1.165, 1.54) is 12.3 Å². The number of fused-ring (bicyclic) bond motifs is 1. The Morgan fingerprint density at radius 3 is 2.36 bits per heavy atom. The summed E-state index contributed by atoms with van der Waals surface area (Å²) < 4.78 is 76.8. The van der Waals surface area contributed by atoms with Crippen LogP contribution in [-0.2, 0) is 16.0 Å². The van der Waals surface area contributed by atoms with Crippen molar-refractivity contribution in [1.29, 1.82) is 5.26 Å². The smallest absolute Gasteiger partial charge is 0.408 e. The fourth-order valence-electron chi connectivity index (χ4n) is 5.65. The molecule has 5 rings (SSSR count). The highest BCUT2D eigenvalue weighted by Crippen LogP contribution is 2.36. The molecule has 3 N–H and O–H groups in total. The number of aromatic nitrogens is 1. The molecule has 1 aliphatic heterocycles. The number of anilines is 1. The fourth-order valence-corrected chi connectivity index (χ4v) is 5.93. The molecule has 1 aromatic heterocycles. The summed E-state index contributed by atoms with van der Waals surface area (Å²) in [6, 6.07) is 10.7. The van der Waals surface area contributed by atoms with Crippen LogP contribution in [0.1, 0.15) is 34.3 Å². The van der Waals surface area contributed by atoms with E-state index in [4.69, 9.17) is 21.6 Å². The first-order valence-corrected chi connectivity index (χ1v) is 14.8. The minimum Gasteiger partial charge on any atom is -0.480 e. The molecular weight excluding hydrogens is 647 g/mol. The highest BCUT2D eigenvalue weighted by atomic mass is 35.5. The van der Waals surface area contributed by atoms with Crippen LogP contribution in [0.15, 0.2) is 60.8 Å². The van der Waals surface area contributed by atoms with Crippen LogP contribution in [0.25, 0.3) is 22.0 Å². The van der Waals surface area contributed by atoms with Gasteiger partial charge in [0.2, 0.25) is 0 Å². The largest absolute Gasteiger partial charge is 0.480 e. The van der Waals surface area contributed by atoms with E-state index in [1.807, 2.05) is 6.07 Å². The Labute approximate surface area is 270 Å². The van der Waals surface area contributed by atoms with Crippen LogP contribution in [0.2, 0.25) is 5.02 Å². The number of ether oxygens (including phenoxy) is 1. The Bertz CT molecular complexity index is 1850. The van der Waals surface area contributed by atoms with E-state index in [2.05, 4.69) is 15.6 Å². The molecule has 14 heteroatoms. The van der Waals surface area contributed by atoms with Crippen molar-refractivity contribution >= 4 is 40.1 Å². The van der Waals surface area contributed by atoms with Gasteiger partial charge in [-0.05, 0) is 54.7 Å². The molecule has 1 aliphatic rings. The van der Waals surface area contributed by atoms with Crippen LogP contribution >= 0.6 is 11.6 Å². The highest BCUT2D eigenvalue weighted by Gasteiger charge is 2.45. The minimum absolute atomic E-state index is 0.0937. The van der Waals surface area contributed by atoms with E-state index in [9.17, 15) is 27.9 Å². The lowest BCUT2D eigenvalue weighted by Crippen LogP contribution is -2.44. The molecule has 0 radical (unpaired) electrons. The number of alkyl halides is 3. The molecule has 1 saturated heterocycles. The number of carboxylic acid groups (broad SMARTS) is 1. The first kappa shape index (κ1) is 33.6. The molecule has 0 spiro atoms. The van der Waals surface area contributed by atoms with Gasteiger partial charge in [-0.1, -0.05) is 35.9 Å². The highest BCUT2D eigenvalue weighted by molar-refractivity contribution is 6.33. The standard InChI is InChI=1S/C33H26ClF5N4O4/c34-24-12-17(16-40)3-5-22(24)23-6-4-19(21-2-1-9-41-29(21)23)13-27(32(45)46)43-31(44)28-25(35)14-20(15-26(28)36)42-30(33(37,38)39)18-7-10-47-11-8-18/h1-6,9,12,14-15,18,27,30,42H,7-8,10-11,13H2,(H,43,44)(H,45,46)/t27-,30?/m0/s1. The van der Waals surface area contributed by atoms with Crippen LogP contribution < -0.4 is 10.6 Å². The molecule has 1 unspecified atom stereocenters. The third kappa shape index (κ3) is 7.45. The topological polar surface area (TPSA) is 124 Å². The molecule has 2 atom stereocenters. The maximum atomic E-state index is 15.1. The number of amides is 1. The molecule has 244 valence electrons. The number of pyridine rings is 1. The van der Waals surface area contributed by atoms with Crippen molar-refractivity contribution in [3.05, 3.63) is 94.1 Å². The third-order valence-corrected chi connectivity index (χ3v) is 8.27. The average Bonchev–Trinajstić information content (AvgIpc) is 3.03. The number of rotatable bonds is 9. The van der Waals surface area contributed by atoms with E-state index in [0.717, 1.165) is 0 Å². The molecule has 4 aromatic rings.